The topological polar surface area (TPSA) is 82.1 Å². The van der Waals surface area contributed by atoms with Crippen LogP contribution < -0.4 is 10.3 Å². The molecule has 2 heterocycles. The van der Waals surface area contributed by atoms with Crippen molar-refractivity contribution in [1.82, 2.24) is 20.2 Å². The number of nitrogens with zero attached hydrogens (tertiary/aromatic N) is 5. The highest BCUT2D eigenvalue weighted by Crippen LogP contribution is 2.23. The summed E-state index contributed by atoms with van der Waals surface area (Å²) in [5, 5.41) is 13.8. The molecule has 0 aliphatic rings. The van der Waals surface area contributed by atoms with E-state index in [0.717, 1.165) is 47.9 Å². The van der Waals surface area contributed by atoms with Gasteiger partial charge in [0.2, 0.25) is 0 Å². The quantitative estimate of drug-likeness (QED) is 0.325. The van der Waals surface area contributed by atoms with Gasteiger partial charge in [-0.3, -0.25) is 0 Å². The van der Waals surface area contributed by atoms with Crippen LogP contribution in [-0.2, 0) is 0 Å². The molecule has 0 bridgehead atoms. The lowest BCUT2D eigenvalue weighted by molar-refractivity contribution is 0.745. The maximum Gasteiger partial charge on any atom is 0.265 e. The van der Waals surface area contributed by atoms with Crippen molar-refractivity contribution in [1.29, 1.82) is 0 Å². The Labute approximate surface area is 176 Å². The second-order valence-electron chi connectivity index (χ2n) is 7.46. The zero-order valence-electron chi connectivity index (χ0n) is 17.7. The SMILES string of the molecule is CCCN(CCC)c1ccc(/C=N/Nc2nnc3c(n2)[nH]c2ccc(C)cc23)cc1. The fourth-order valence-corrected chi connectivity index (χ4v) is 3.58. The minimum absolute atomic E-state index is 0.357. The molecule has 30 heavy (non-hydrogen) atoms. The first-order chi connectivity index (χ1) is 14.7. The summed E-state index contributed by atoms with van der Waals surface area (Å²) in [6, 6.07) is 14.6. The Morgan fingerprint density at radius 2 is 1.80 bits per heavy atom. The maximum atomic E-state index is 4.49. The molecule has 7 nitrogen and oxygen atoms in total. The van der Waals surface area contributed by atoms with Crippen LogP contribution in [-0.4, -0.2) is 39.5 Å². The van der Waals surface area contributed by atoms with Crippen LogP contribution in [0.2, 0.25) is 0 Å². The molecule has 0 aliphatic carbocycles. The van der Waals surface area contributed by atoms with Crippen molar-refractivity contribution >= 4 is 39.9 Å². The monoisotopic (exact) mass is 401 g/mol. The van der Waals surface area contributed by atoms with Gasteiger partial charge in [-0.15, -0.1) is 10.2 Å². The first-order valence-electron chi connectivity index (χ1n) is 10.4. The molecule has 0 saturated heterocycles. The summed E-state index contributed by atoms with van der Waals surface area (Å²) in [5.74, 6) is 0.357. The van der Waals surface area contributed by atoms with E-state index in [9.17, 15) is 0 Å². The molecule has 0 saturated carbocycles. The van der Waals surface area contributed by atoms with Gasteiger partial charge in [0.1, 0.15) is 5.52 Å². The van der Waals surface area contributed by atoms with E-state index >= 15 is 0 Å². The van der Waals surface area contributed by atoms with Crippen molar-refractivity contribution < 1.29 is 0 Å². The van der Waals surface area contributed by atoms with Gasteiger partial charge in [0.15, 0.2) is 5.65 Å². The number of anilines is 2. The minimum atomic E-state index is 0.357. The van der Waals surface area contributed by atoms with E-state index in [1.165, 1.54) is 11.3 Å². The number of aryl methyl sites for hydroxylation is 1. The summed E-state index contributed by atoms with van der Waals surface area (Å²) in [6.07, 6.45) is 4.04. The highest BCUT2D eigenvalue weighted by Gasteiger charge is 2.09. The Morgan fingerprint density at radius 1 is 1.03 bits per heavy atom. The Balaban J connectivity index is 1.46. The number of hydrogen-bond acceptors (Lipinski definition) is 6. The average molecular weight is 402 g/mol. The third-order valence-electron chi connectivity index (χ3n) is 4.99. The normalized spacial score (nSPS) is 11.6. The Kier molecular flexibility index (Phi) is 5.88. The average Bonchev–Trinajstić information content (AvgIpc) is 3.11. The van der Waals surface area contributed by atoms with Gasteiger partial charge in [0, 0.05) is 29.7 Å². The third kappa shape index (κ3) is 4.25. The molecule has 0 atom stereocenters. The number of aromatic amines is 1. The molecule has 4 rings (SSSR count). The number of hydrogen-bond donors (Lipinski definition) is 2. The predicted octanol–water partition coefficient (Wildman–Crippen LogP) is 4.89. The molecule has 2 aromatic heterocycles. The molecule has 0 fully saturated rings. The number of fused-ring (bicyclic) bond motifs is 3. The van der Waals surface area contributed by atoms with Crippen molar-refractivity contribution in [3.8, 4) is 0 Å². The smallest absolute Gasteiger partial charge is 0.265 e. The van der Waals surface area contributed by atoms with Gasteiger partial charge < -0.3 is 9.88 Å². The summed E-state index contributed by atoms with van der Waals surface area (Å²) in [5.41, 5.74) is 8.76. The highest BCUT2D eigenvalue weighted by molar-refractivity contribution is 6.03. The van der Waals surface area contributed by atoms with Gasteiger partial charge in [-0.25, -0.2) is 5.43 Å². The van der Waals surface area contributed by atoms with Gasteiger partial charge in [0.25, 0.3) is 5.95 Å². The van der Waals surface area contributed by atoms with Crippen LogP contribution in [0.3, 0.4) is 0 Å². The van der Waals surface area contributed by atoms with Gasteiger partial charge in [-0.05, 0) is 49.6 Å². The predicted molar refractivity (Wildman–Crippen MR) is 124 cm³/mol. The summed E-state index contributed by atoms with van der Waals surface area (Å²) in [4.78, 5) is 10.2. The fraction of sp³-hybridized carbons (Fsp3) is 0.304. The number of H-pyrrole nitrogens is 1. The summed E-state index contributed by atoms with van der Waals surface area (Å²) >= 11 is 0. The van der Waals surface area contributed by atoms with Gasteiger partial charge in [-0.1, -0.05) is 37.6 Å². The minimum Gasteiger partial charge on any atom is -0.372 e. The highest BCUT2D eigenvalue weighted by atomic mass is 15.4. The zero-order chi connectivity index (χ0) is 20.9. The standard InChI is InChI=1S/C23H27N7/c1-4-12-30(13-5-2)18-9-7-17(8-10-18)15-24-28-23-26-22-21(27-29-23)19-14-16(3)6-11-20(19)25-22/h6-11,14-15H,4-5,12-13H2,1-3H3,(H2,25,26,28,29)/b24-15+. The van der Waals surface area contributed by atoms with E-state index < -0.39 is 0 Å². The molecule has 0 unspecified atom stereocenters. The first-order valence-corrected chi connectivity index (χ1v) is 10.4. The van der Waals surface area contributed by atoms with Crippen LogP contribution >= 0.6 is 0 Å². The molecule has 0 aliphatic heterocycles. The summed E-state index contributed by atoms with van der Waals surface area (Å²) in [6.45, 7) is 8.62. The first kappa shape index (κ1) is 19.8. The van der Waals surface area contributed by atoms with Crippen molar-refractivity contribution in [2.75, 3.05) is 23.4 Å². The number of benzene rings is 2. The number of aromatic nitrogens is 4. The Morgan fingerprint density at radius 3 is 2.53 bits per heavy atom. The number of rotatable bonds is 8. The van der Waals surface area contributed by atoms with Crippen LogP contribution in [0.15, 0.2) is 47.6 Å². The van der Waals surface area contributed by atoms with E-state index in [0.29, 0.717) is 11.6 Å². The molecular weight excluding hydrogens is 374 g/mol. The van der Waals surface area contributed by atoms with E-state index in [-0.39, 0.29) is 0 Å². The van der Waals surface area contributed by atoms with Crippen LogP contribution in [0.25, 0.3) is 22.1 Å². The fourth-order valence-electron chi connectivity index (χ4n) is 3.58. The summed E-state index contributed by atoms with van der Waals surface area (Å²) < 4.78 is 0. The van der Waals surface area contributed by atoms with Crippen LogP contribution in [0.4, 0.5) is 11.6 Å². The Hall–Kier alpha value is -3.48. The molecule has 0 radical (unpaired) electrons. The van der Waals surface area contributed by atoms with Crippen molar-refractivity contribution in [2.24, 2.45) is 5.10 Å². The second-order valence-corrected chi connectivity index (χ2v) is 7.46. The number of nitrogens with one attached hydrogen (secondary N) is 2. The molecule has 2 N–H and O–H groups in total. The van der Waals surface area contributed by atoms with E-state index in [2.05, 4.69) is 92.8 Å². The zero-order valence-corrected chi connectivity index (χ0v) is 17.7. The largest absolute Gasteiger partial charge is 0.372 e. The lowest BCUT2D eigenvalue weighted by atomic mass is 10.2. The lowest BCUT2D eigenvalue weighted by Crippen LogP contribution is -2.24. The van der Waals surface area contributed by atoms with Gasteiger partial charge >= 0.3 is 0 Å². The van der Waals surface area contributed by atoms with Crippen LogP contribution in [0.1, 0.15) is 37.8 Å². The summed E-state index contributed by atoms with van der Waals surface area (Å²) in [7, 11) is 0. The Bertz CT molecular complexity index is 1160. The van der Waals surface area contributed by atoms with Crippen molar-refractivity contribution in [3.63, 3.8) is 0 Å². The number of hydrazone groups is 1. The molecule has 0 amide bonds. The molecule has 4 aromatic rings. The van der Waals surface area contributed by atoms with Gasteiger partial charge in [0.05, 0.1) is 6.21 Å². The van der Waals surface area contributed by atoms with Crippen molar-refractivity contribution in [3.05, 3.63) is 53.6 Å². The molecule has 154 valence electrons. The van der Waals surface area contributed by atoms with E-state index in [1.807, 2.05) is 6.07 Å². The van der Waals surface area contributed by atoms with E-state index in [4.69, 9.17) is 0 Å². The van der Waals surface area contributed by atoms with Crippen LogP contribution in [0.5, 0.6) is 0 Å². The second kappa shape index (κ2) is 8.90. The lowest BCUT2D eigenvalue weighted by Gasteiger charge is -2.23. The van der Waals surface area contributed by atoms with E-state index in [1.54, 1.807) is 6.21 Å². The van der Waals surface area contributed by atoms with Gasteiger partial charge in [-0.2, -0.15) is 10.1 Å². The molecular formula is C23H27N7. The molecule has 2 aromatic carbocycles. The molecule has 0 spiro atoms. The maximum absolute atomic E-state index is 4.49. The van der Waals surface area contributed by atoms with Crippen molar-refractivity contribution in [2.45, 2.75) is 33.6 Å². The van der Waals surface area contributed by atoms with Crippen LogP contribution in [0, 0.1) is 6.92 Å². The molecule has 7 heteroatoms. The third-order valence-corrected chi connectivity index (χ3v) is 4.99.